The Hall–Kier alpha value is -1.72. The molecular formula is C14H12ClNO3S. The predicted octanol–water partition coefficient (Wildman–Crippen LogP) is 3.40. The van der Waals surface area contributed by atoms with Crippen LogP contribution in [0.4, 0.5) is 0 Å². The van der Waals surface area contributed by atoms with Crippen molar-refractivity contribution >= 4 is 28.8 Å². The predicted molar refractivity (Wildman–Crippen MR) is 77.7 cm³/mol. The number of hydrogen-bond donors (Lipinski definition) is 0. The lowest BCUT2D eigenvalue weighted by molar-refractivity contribution is 0.0785. The zero-order valence-electron chi connectivity index (χ0n) is 10.8. The van der Waals surface area contributed by atoms with E-state index in [9.17, 15) is 4.79 Å². The number of benzene rings is 1. The summed E-state index contributed by atoms with van der Waals surface area (Å²) < 4.78 is 10.5. The normalized spacial score (nSPS) is 12.5. The number of amides is 1. The number of ether oxygens (including phenoxy) is 2. The Bertz CT molecular complexity index is 642. The van der Waals surface area contributed by atoms with Gasteiger partial charge in [0.2, 0.25) is 6.79 Å². The molecule has 1 aromatic carbocycles. The van der Waals surface area contributed by atoms with Crippen LogP contribution < -0.4 is 9.47 Å². The SMILES string of the molecule is CN(Cc1ccsc1)C(=O)c1cc(Cl)c2c(c1)OCO2. The highest BCUT2D eigenvalue weighted by molar-refractivity contribution is 7.07. The fourth-order valence-electron chi connectivity index (χ4n) is 2.04. The monoisotopic (exact) mass is 309 g/mol. The van der Waals surface area contributed by atoms with Crippen molar-refractivity contribution < 1.29 is 14.3 Å². The summed E-state index contributed by atoms with van der Waals surface area (Å²) in [6.45, 7) is 0.700. The van der Waals surface area contributed by atoms with E-state index in [1.807, 2.05) is 16.8 Å². The topological polar surface area (TPSA) is 38.8 Å². The summed E-state index contributed by atoms with van der Waals surface area (Å²) in [5.74, 6) is 0.921. The van der Waals surface area contributed by atoms with E-state index >= 15 is 0 Å². The summed E-state index contributed by atoms with van der Waals surface area (Å²) in [6.07, 6.45) is 0. The Morgan fingerprint density at radius 2 is 2.30 bits per heavy atom. The number of carbonyl (C=O) groups is 1. The van der Waals surface area contributed by atoms with Crippen LogP contribution in [-0.4, -0.2) is 24.6 Å². The zero-order valence-corrected chi connectivity index (χ0v) is 12.3. The van der Waals surface area contributed by atoms with Crippen LogP contribution in [0, 0.1) is 0 Å². The van der Waals surface area contributed by atoms with Crippen LogP contribution in [0.25, 0.3) is 0 Å². The molecular weight excluding hydrogens is 298 g/mol. The molecule has 4 nitrogen and oxygen atoms in total. The van der Waals surface area contributed by atoms with Crippen LogP contribution in [0.3, 0.4) is 0 Å². The molecule has 2 aromatic rings. The molecule has 0 fully saturated rings. The Labute approximate surface area is 125 Å². The van der Waals surface area contributed by atoms with Crippen molar-refractivity contribution in [2.75, 3.05) is 13.8 Å². The van der Waals surface area contributed by atoms with Gasteiger partial charge in [0.05, 0.1) is 5.02 Å². The molecule has 6 heteroatoms. The van der Waals surface area contributed by atoms with E-state index in [0.717, 1.165) is 5.56 Å². The molecule has 0 aliphatic carbocycles. The largest absolute Gasteiger partial charge is 0.454 e. The van der Waals surface area contributed by atoms with Gasteiger partial charge < -0.3 is 14.4 Å². The van der Waals surface area contributed by atoms with E-state index < -0.39 is 0 Å². The smallest absolute Gasteiger partial charge is 0.254 e. The quantitative estimate of drug-likeness (QED) is 0.872. The third-order valence-corrected chi connectivity index (χ3v) is 4.03. The van der Waals surface area contributed by atoms with Crippen LogP contribution in [0.15, 0.2) is 29.0 Å². The van der Waals surface area contributed by atoms with Crippen LogP contribution in [0.1, 0.15) is 15.9 Å². The van der Waals surface area contributed by atoms with E-state index in [-0.39, 0.29) is 12.7 Å². The Morgan fingerprint density at radius 3 is 3.05 bits per heavy atom. The van der Waals surface area contributed by atoms with Gasteiger partial charge in [0.1, 0.15) is 0 Å². The average Bonchev–Trinajstić information content (AvgIpc) is 3.08. The van der Waals surface area contributed by atoms with Crippen molar-refractivity contribution in [3.8, 4) is 11.5 Å². The summed E-state index contributed by atoms with van der Waals surface area (Å²) in [4.78, 5) is 14.0. The van der Waals surface area contributed by atoms with Gasteiger partial charge in [0.25, 0.3) is 5.91 Å². The second-order valence-corrected chi connectivity index (χ2v) is 5.67. The molecule has 0 saturated carbocycles. The molecule has 0 radical (unpaired) electrons. The zero-order chi connectivity index (χ0) is 14.1. The van der Waals surface area contributed by atoms with Crippen molar-refractivity contribution in [1.82, 2.24) is 4.90 Å². The van der Waals surface area contributed by atoms with Gasteiger partial charge in [-0.05, 0) is 34.5 Å². The maximum atomic E-state index is 12.4. The van der Waals surface area contributed by atoms with Crippen LogP contribution >= 0.6 is 22.9 Å². The van der Waals surface area contributed by atoms with Gasteiger partial charge in [0.15, 0.2) is 11.5 Å². The highest BCUT2D eigenvalue weighted by Crippen LogP contribution is 2.40. The number of rotatable bonds is 3. The highest BCUT2D eigenvalue weighted by Gasteiger charge is 2.22. The van der Waals surface area contributed by atoms with Crippen LogP contribution in [-0.2, 0) is 6.54 Å². The first kappa shape index (κ1) is 13.3. The first-order valence-corrected chi connectivity index (χ1v) is 7.33. The van der Waals surface area contributed by atoms with Crippen LogP contribution in [0.2, 0.25) is 5.02 Å². The molecule has 1 aliphatic rings. The molecule has 20 heavy (non-hydrogen) atoms. The summed E-state index contributed by atoms with van der Waals surface area (Å²) in [5, 5.41) is 4.41. The summed E-state index contributed by atoms with van der Waals surface area (Å²) in [5.41, 5.74) is 1.61. The minimum Gasteiger partial charge on any atom is -0.454 e. The second-order valence-electron chi connectivity index (χ2n) is 4.48. The molecule has 2 heterocycles. The number of hydrogen-bond acceptors (Lipinski definition) is 4. The van der Waals surface area contributed by atoms with Crippen molar-refractivity contribution in [3.05, 3.63) is 45.1 Å². The fourth-order valence-corrected chi connectivity index (χ4v) is 2.96. The number of carbonyl (C=O) groups excluding carboxylic acids is 1. The standard InChI is InChI=1S/C14H12ClNO3S/c1-16(6-9-2-3-20-7-9)14(17)10-4-11(15)13-12(5-10)18-8-19-13/h2-5,7H,6,8H2,1H3. The van der Waals surface area contributed by atoms with Gasteiger partial charge in [-0.3, -0.25) is 4.79 Å². The maximum absolute atomic E-state index is 12.4. The van der Waals surface area contributed by atoms with Gasteiger partial charge in [0, 0.05) is 19.2 Å². The lowest BCUT2D eigenvalue weighted by Gasteiger charge is -2.17. The lowest BCUT2D eigenvalue weighted by Crippen LogP contribution is -2.25. The van der Waals surface area contributed by atoms with Crippen LogP contribution in [0.5, 0.6) is 11.5 Å². The molecule has 1 aromatic heterocycles. The summed E-state index contributed by atoms with van der Waals surface area (Å²) in [7, 11) is 1.76. The molecule has 0 spiro atoms. The van der Waals surface area contributed by atoms with Crippen molar-refractivity contribution in [1.29, 1.82) is 0 Å². The lowest BCUT2D eigenvalue weighted by atomic mass is 10.1. The van der Waals surface area contributed by atoms with Crippen molar-refractivity contribution in [2.24, 2.45) is 0 Å². The molecule has 0 atom stereocenters. The van der Waals surface area contributed by atoms with E-state index in [2.05, 4.69) is 0 Å². The van der Waals surface area contributed by atoms with E-state index in [1.54, 1.807) is 35.4 Å². The number of halogens is 1. The minimum absolute atomic E-state index is 0.101. The molecule has 0 unspecified atom stereocenters. The summed E-state index contributed by atoms with van der Waals surface area (Å²) in [6, 6.07) is 5.28. The van der Waals surface area contributed by atoms with Crippen molar-refractivity contribution in [3.63, 3.8) is 0 Å². The first-order chi connectivity index (χ1) is 9.65. The minimum atomic E-state index is -0.101. The van der Waals surface area contributed by atoms with E-state index in [1.165, 1.54) is 0 Å². The number of fused-ring (bicyclic) bond motifs is 1. The second kappa shape index (κ2) is 5.34. The molecule has 1 amide bonds. The maximum Gasteiger partial charge on any atom is 0.254 e. The highest BCUT2D eigenvalue weighted by atomic mass is 35.5. The Kier molecular flexibility index (Phi) is 3.54. The molecule has 104 valence electrons. The van der Waals surface area contributed by atoms with Gasteiger partial charge >= 0.3 is 0 Å². The van der Waals surface area contributed by atoms with E-state index in [4.69, 9.17) is 21.1 Å². The molecule has 0 bridgehead atoms. The Balaban J connectivity index is 1.82. The molecule has 0 saturated heterocycles. The number of nitrogens with zero attached hydrogens (tertiary/aromatic N) is 1. The average molecular weight is 310 g/mol. The molecule has 3 rings (SSSR count). The van der Waals surface area contributed by atoms with Gasteiger partial charge in [-0.2, -0.15) is 11.3 Å². The van der Waals surface area contributed by atoms with Gasteiger partial charge in [-0.1, -0.05) is 11.6 Å². The molecule has 1 aliphatic heterocycles. The fraction of sp³-hybridized carbons (Fsp3) is 0.214. The van der Waals surface area contributed by atoms with Gasteiger partial charge in [-0.15, -0.1) is 0 Å². The van der Waals surface area contributed by atoms with E-state index in [0.29, 0.717) is 28.6 Å². The third kappa shape index (κ3) is 2.46. The third-order valence-electron chi connectivity index (χ3n) is 3.02. The molecule has 0 N–H and O–H groups in total. The Morgan fingerprint density at radius 1 is 1.45 bits per heavy atom. The van der Waals surface area contributed by atoms with Crippen molar-refractivity contribution in [2.45, 2.75) is 6.54 Å². The summed E-state index contributed by atoms with van der Waals surface area (Å²) >= 11 is 7.70. The number of thiophene rings is 1. The first-order valence-electron chi connectivity index (χ1n) is 6.01. The van der Waals surface area contributed by atoms with Gasteiger partial charge in [-0.25, -0.2) is 0 Å².